The summed E-state index contributed by atoms with van der Waals surface area (Å²) in [5.74, 6) is 0. The van der Waals surface area contributed by atoms with E-state index in [2.05, 4.69) is 19.2 Å². The summed E-state index contributed by atoms with van der Waals surface area (Å²) < 4.78 is 11.1. The quantitative estimate of drug-likeness (QED) is 0.678. The average Bonchev–Trinajstić information content (AvgIpc) is 2.17. The molecule has 1 saturated carbocycles. The number of ether oxygens (including phenoxy) is 2. The van der Waals surface area contributed by atoms with Gasteiger partial charge in [0, 0.05) is 19.8 Å². The van der Waals surface area contributed by atoms with Gasteiger partial charge in [0.25, 0.3) is 0 Å². The molecule has 1 aliphatic carbocycles. The highest BCUT2D eigenvalue weighted by atomic mass is 16.5. The minimum Gasteiger partial charge on any atom is -0.379 e. The van der Waals surface area contributed by atoms with Gasteiger partial charge in [0.2, 0.25) is 0 Å². The SMILES string of the molecule is CCCNC1CC(OC)C1OCCC. The zero-order valence-corrected chi connectivity index (χ0v) is 9.58. The molecule has 84 valence electrons. The van der Waals surface area contributed by atoms with E-state index >= 15 is 0 Å². The van der Waals surface area contributed by atoms with Crippen LogP contribution in [0.15, 0.2) is 0 Å². The molecule has 0 heterocycles. The van der Waals surface area contributed by atoms with E-state index in [9.17, 15) is 0 Å². The van der Waals surface area contributed by atoms with Crippen LogP contribution >= 0.6 is 0 Å². The Labute approximate surface area is 87.2 Å². The van der Waals surface area contributed by atoms with E-state index in [1.54, 1.807) is 7.11 Å². The van der Waals surface area contributed by atoms with E-state index in [1.807, 2.05) is 0 Å². The normalized spacial score (nSPS) is 31.5. The molecule has 3 nitrogen and oxygen atoms in total. The Balaban J connectivity index is 2.23. The van der Waals surface area contributed by atoms with Crippen LogP contribution in [0.5, 0.6) is 0 Å². The Morgan fingerprint density at radius 3 is 2.64 bits per heavy atom. The second kappa shape index (κ2) is 6.38. The van der Waals surface area contributed by atoms with Crippen LogP contribution in [0.25, 0.3) is 0 Å². The first kappa shape index (κ1) is 12.0. The molecular formula is C11H23NO2. The molecule has 0 aromatic heterocycles. The molecule has 0 bridgehead atoms. The van der Waals surface area contributed by atoms with Crippen molar-refractivity contribution in [1.82, 2.24) is 5.32 Å². The molecule has 3 heteroatoms. The van der Waals surface area contributed by atoms with Crippen LogP contribution in [0, 0.1) is 0 Å². The summed E-state index contributed by atoms with van der Waals surface area (Å²) in [5.41, 5.74) is 0. The summed E-state index contributed by atoms with van der Waals surface area (Å²) in [6.07, 6.45) is 3.91. The fourth-order valence-corrected chi connectivity index (χ4v) is 1.82. The van der Waals surface area contributed by atoms with Gasteiger partial charge in [-0.15, -0.1) is 0 Å². The fraction of sp³-hybridized carbons (Fsp3) is 1.00. The summed E-state index contributed by atoms with van der Waals surface area (Å²) in [4.78, 5) is 0. The first-order chi connectivity index (χ1) is 6.83. The van der Waals surface area contributed by atoms with Crippen LogP contribution in [0.2, 0.25) is 0 Å². The molecule has 0 saturated heterocycles. The zero-order valence-electron chi connectivity index (χ0n) is 9.58. The van der Waals surface area contributed by atoms with Crippen molar-refractivity contribution in [1.29, 1.82) is 0 Å². The van der Waals surface area contributed by atoms with Gasteiger partial charge in [-0.25, -0.2) is 0 Å². The summed E-state index contributed by atoms with van der Waals surface area (Å²) in [7, 11) is 1.77. The highest BCUT2D eigenvalue weighted by Crippen LogP contribution is 2.26. The van der Waals surface area contributed by atoms with Crippen LogP contribution in [0.3, 0.4) is 0 Å². The first-order valence-corrected chi connectivity index (χ1v) is 5.71. The van der Waals surface area contributed by atoms with Gasteiger partial charge in [0.05, 0.1) is 12.2 Å². The lowest BCUT2D eigenvalue weighted by molar-refractivity contribution is -0.134. The molecule has 0 spiro atoms. The number of methoxy groups -OCH3 is 1. The van der Waals surface area contributed by atoms with E-state index in [0.717, 1.165) is 26.0 Å². The molecule has 3 atom stereocenters. The van der Waals surface area contributed by atoms with Crippen molar-refractivity contribution < 1.29 is 9.47 Å². The van der Waals surface area contributed by atoms with Gasteiger partial charge in [0.15, 0.2) is 0 Å². The fourth-order valence-electron chi connectivity index (χ4n) is 1.82. The highest BCUT2D eigenvalue weighted by molar-refractivity contribution is 4.96. The Morgan fingerprint density at radius 1 is 1.29 bits per heavy atom. The average molecular weight is 201 g/mol. The van der Waals surface area contributed by atoms with Gasteiger partial charge in [-0.2, -0.15) is 0 Å². The maximum absolute atomic E-state index is 5.75. The molecule has 0 aromatic rings. The molecule has 1 fully saturated rings. The minimum atomic E-state index is 0.270. The number of hydrogen-bond acceptors (Lipinski definition) is 3. The predicted octanol–water partition coefficient (Wildman–Crippen LogP) is 1.57. The number of nitrogens with one attached hydrogen (secondary N) is 1. The molecule has 3 unspecified atom stereocenters. The molecule has 0 aromatic carbocycles. The lowest BCUT2D eigenvalue weighted by atomic mass is 9.85. The lowest BCUT2D eigenvalue weighted by Gasteiger charge is -2.43. The zero-order chi connectivity index (χ0) is 10.4. The van der Waals surface area contributed by atoms with E-state index in [4.69, 9.17) is 9.47 Å². The molecule has 1 aliphatic rings. The molecule has 14 heavy (non-hydrogen) atoms. The van der Waals surface area contributed by atoms with Gasteiger partial charge in [-0.3, -0.25) is 0 Å². The Kier molecular flexibility index (Phi) is 5.45. The van der Waals surface area contributed by atoms with Crippen molar-refractivity contribution in [3.63, 3.8) is 0 Å². The van der Waals surface area contributed by atoms with Crippen molar-refractivity contribution >= 4 is 0 Å². The predicted molar refractivity (Wildman–Crippen MR) is 57.5 cm³/mol. The highest BCUT2D eigenvalue weighted by Gasteiger charge is 2.41. The summed E-state index contributed by atoms with van der Waals surface area (Å²) in [5, 5.41) is 3.49. The van der Waals surface area contributed by atoms with Gasteiger partial charge in [0.1, 0.15) is 0 Å². The van der Waals surface area contributed by atoms with Crippen molar-refractivity contribution in [2.45, 2.75) is 51.4 Å². The molecule has 0 aliphatic heterocycles. The summed E-state index contributed by atoms with van der Waals surface area (Å²) in [6.45, 7) is 6.23. The monoisotopic (exact) mass is 201 g/mol. The van der Waals surface area contributed by atoms with Crippen molar-refractivity contribution in [2.75, 3.05) is 20.3 Å². The van der Waals surface area contributed by atoms with Crippen LogP contribution in [-0.4, -0.2) is 38.5 Å². The Hall–Kier alpha value is -0.120. The smallest absolute Gasteiger partial charge is 0.0990 e. The maximum Gasteiger partial charge on any atom is 0.0990 e. The van der Waals surface area contributed by atoms with Gasteiger partial charge in [-0.1, -0.05) is 13.8 Å². The third-order valence-electron chi connectivity index (χ3n) is 2.72. The van der Waals surface area contributed by atoms with Crippen LogP contribution in [0.1, 0.15) is 33.1 Å². The molecule has 0 amide bonds. The molecule has 0 radical (unpaired) electrons. The van der Waals surface area contributed by atoms with E-state index < -0.39 is 0 Å². The largest absolute Gasteiger partial charge is 0.379 e. The lowest BCUT2D eigenvalue weighted by Crippen LogP contribution is -2.60. The Bertz CT molecular complexity index is 150. The van der Waals surface area contributed by atoms with E-state index in [0.29, 0.717) is 12.1 Å². The van der Waals surface area contributed by atoms with Crippen molar-refractivity contribution in [2.24, 2.45) is 0 Å². The summed E-state index contributed by atoms with van der Waals surface area (Å²) >= 11 is 0. The molecule has 1 rings (SSSR count). The van der Waals surface area contributed by atoms with Gasteiger partial charge >= 0.3 is 0 Å². The van der Waals surface area contributed by atoms with E-state index in [-0.39, 0.29) is 6.10 Å². The van der Waals surface area contributed by atoms with Crippen LogP contribution in [-0.2, 0) is 9.47 Å². The molecule has 1 N–H and O–H groups in total. The van der Waals surface area contributed by atoms with Crippen LogP contribution in [0.4, 0.5) is 0 Å². The van der Waals surface area contributed by atoms with E-state index in [1.165, 1.54) is 6.42 Å². The Morgan fingerprint density at radius 2 is 2.07 bits per heavy atom. The minimum absolute atomic E-state index is 0.270. The number of rotatable bonds is 7. The van der Waals surface area contributed by atoms with Crippen molar-refractivity contribution in [3.8, 4) is 0 Å². The standard InChI is InChI=1S/C11H23NO2/c1-4-6-12-9-8-10(13-3)11(9)14-7-5-2/h9-12H,4-8H2,1-3H3. The van der Waals surface area contributed by atoms with Crippen LogP contribution < -0.4 is 5.32 Å². The van der Waals surface area contributed by atoms with Gasteiger partial charge < -0.3 is 14.8 Å². The first-order valence-electron chi connectivity index (χ1n) is 5.71. The summed E-state index contributed by atoms with van der Waals surface area (Å²) in [6, 6.07) is 0.506. The number of hydrogen-bond donors (Lipinski definition) is 1. The molecular weight excluding hydrogens is 178 g/mol. The third-order valence-corrected chi connectivity index (χ3v) is 2.72. The maximum atomic E-state index is 5.75. The topological polar surface area (TPSA) is 30.5 Å². The second-order valence-electron chi connectivity index (χ2n) is 3.91. The van der Waals surface area contributed by atoms with Gasteiger partial charge in [-0.05, 0) is 25.8 Å². The third kappa shape index (κ3) is 2.94. The second-order valence-corrected chi connectivity index (χ2v) is 3.91. The van der Waals surface area contributed by atoms with Crippen molar-refractivity contribution in [3.05, 3.63) is 0 Å².